The Kier molecular flexibility index (Phi) is 7.75. The van der Waals surface area contributed by atoms with Crippen LogP contribution in [0.5, 0.6) is 0 Å². The molecule has 1 aromatic rings. The fourth-order valence-corrected chi connectivity index (χ4v) is 3.59. The Bertz CT molecular complexity index is 437. The second-order valence-corrected chi connectivity index (χ2v) is 6.57. The zero-order valence-corrected chi connectivity index (χ0v) is 14.4. The molecule has 1 saturated carbocycles. The van der Waals surface area contributed by atoms with Gasteiger partial charge in [0.1, 0.15) is 0 Å². The van der Waals surface area contributed by atoms with Gasteiger partial charge in [-0.15, -0.1) is 11.3 Å². The first-order valence-corrected chi connectivity index (χ1v) is 8.57. The van der Waals surface area contributed by atoms with E-state index in [0.717, 1.165) is 23.2 Å². The molecule has 0 aromatic carbocycles. The number of carboxylic acids is 1. The summed E-state index contributed by atoms with van der Waals surface area (Å²) >= 11 is 1.44. The Morgan fingerprint density at radius 1 is 1.38 bits per heavy atom. The standard InChI is InChI=1S/C8H11NO2S.C8H17N/c1-3-9-7-5(2)6(4-12-7)8(10)11;1-9(2)8-6-4-3-5-7-8/h4,9H,3H2,1-2H3,(H,10,11);8H,3-7H2,1-2H3. The van der Waals surface area contributed by atoms with Crippen LogP contribution in [-0.4, -0.2) is 42.7 Å². The van der Waals surface area contributed by atoms with Crippen molar-refractivity contribution in [1.29, 1.82) is 0 Å². The van der Waals surface area contributed by atoms with Crippen molar-refractivity contribution in [2.75, 3.05) is 26.0 Å². The average Bonchev–Trinajstić information content (AvgIpc) is 2.82. The SMILES string of the molecule is CCNc1scc(C(=O)O)c1C.CN(C)C1CCCCC1. The molecule has 21 heavy (non-hydrogen) atoms. The van der Waals surface area contributed by atoms with Gasteiger partial charge in [-0.2, -0.15) is 0 Å². The van der Waals surface area contributed by atoms with Crippen LogP contribution in [0.3, 0.4) is 0 Å². The first-order valence-electron chi connectivity index (χ1n) is 7.69. The summed E-state index contributed by atoms with van der Waals surface area (Å²) in [7, 11) is 4.38. The lowest BCUT2D eigenvalue weighted by Crippen LogP contribution is -2.29. The molecule has 1 aliphatic carbocycles. The molecule has 0 unspecified atom stereocenters. The summed E-state index contributed by atoms with van der Waals surface area (Å²) in [5.74, 6) is -0.854. The molecule has 0 atom stereocenters. The van der Waals surface area contributed by atoms with Crippen molar-refractivity contribution < 1.29 is 9.90 Å². The molecule has 1 aliphatic rings. The number of nitrogens with one attached hydrogen (secondary N) is 1. The van der Waals surface area contributed by atoms with Crippen LogP contribution in [0.25, 0.3) is 0 Å². The maximum Gasteiger partial charge on any atom is 0.336 e. The highest BCUT2D eigenvalue weighted by Crippen LogP contribution is 2.26. The molecule has 0 saturated heterocycles. The Morgan fingerprint density at radius 3 is 2.38 bits per heavy atom. The molecular weight excluding hydrogens is 284 g/mol. The van der Waals surface area contributed by atoms with Crippen LogP contribution in [0.1, 0.15) is 54.9 Å². The Balaban J connectivity index is 0.000000219. The third-order valence-electron chi connectivity index (χ3n) is 3.91. The van der Waals surface area contributed by atoms with Crippen molar-refractivity contribution in [1.82, 2.24) is 4.90 Å². The van der Waals surface area contributed by atoms with Crippen molar-refractivity contribution in [2.45, 2.75) is 52.0 Å². The number of hydrogen-bond acceptors (Lipinski definition) is 4. The largest absolute Gasteiger partial charge is 0.478 e. The molecule has 0 aliphatic heterocycles. The lowest BCUT2D eigenvalue weighted by Gasteiger charge is -2.27. The van der Waals surface area contributed by atoms with Gasteiger partial charge in [-0.3, -0.25) is 0 Å². The summed E-state index contributed by atoms with van der Waals surface area (Å²) in [6, 6.07) is 0.888. The minimum atomic E-state index is -0.854. The molecule has 0 radical (unpaired) electrons. The van der Waals surface area contributed by atoms with Gasteiger partial charge in [-0.1, -0.05) is 19.3 Å². The van der Waals surface area contributed by atoms with Crippen LogP contribution in [0.2, 0.25) is 0 Å². The van der Waals surface area contributed by atoms with Crippen LogP contribution >= 0.6 is 11.3 Å². The van der Waals surface area contributed by atoms with E-state index in [-0.39, 0.29) is 0 Å². The van der Waals surface area contributed by atoms with Crippen LogP contribution < -0.4 is 5.32 Å². The summed E-state index contributed by atoms with van der Waals surface area (Å²) < 4.78 is 0. The topological polar surface area (TPSA) is 52.6 Å². The zero-order valence-electron chi connectivity index (χ0n) is 13.6. The zero-order chi connectivity index (χ0) is 15.8. The van der Waals surface area contributed by atoms with Crippen molar-refractivity contribution in [3.8, 4) is 0 Å². The lowest BCUT2D eigenvalue weighted by molar-refractivity contribution is 0.0697. The normalized spacial score (nSPS) is 15.5. The van der Waals surface area contributed by atoms with Gasteiger partial charge in [0.05, 0.1) is 10.6 Å². The number of anilines is 1. The summed E-state index contributed by atoms with van der Waals surface area (Å²) in [6.45, 7) is 4.62. The average molecular weight is 312 g/mol. The van der Waals surface area contributed by atoms with Gasteiger partial charge in [0.15, 0.2) is 0 Å². The molecule has 5 heteroatoms. The molecule has 120 valence electrons. The van der Waals surface area contributed by atoms with E-state index < -0.39 is 5.97 Å². The molecular formula is C16H28N2O2S. The minimum absolute atomic E-state index is 0.399. The van der Waals surface area contributed by atoms with Crippen LogP contribution in [-0.2, 0) is 0 Å². The van der Waals surface area contributed by atoms with E-state index >= 15 is 0 Å². The summed E-state index contributed by atoms with van der Waals surface area (Å²) in [5.41, 5.74) is 1.23. The summed E-state index contributed by atoms with van der Waals surface area (Å²) in [6.07, 6.45) is 7.20. The van der Waals surface area contributed by atoms with Crippen LogP contribution in [0.4, 0.5) is 5.00 Å². The van der Waals surface area contributed by atoms with Gasteiger partial charge in [0, 0.05) is 18.0 Å². The highest BCUT2D eigenvalue weighted by Gasteiger charge is 2.14. The predicted octanol–water partition coefficient (Wildman–Crippen LogP) is 4.07. The van der Waals surface area contributed by atoms with Gasteiger partial charge >= 0.3 is 5.97 Å². The first kappa shape index (κ1) is 18.0. The van der Waals surface area contributed by atoms with Gasteiger partial charge in [0.2, 0.25) is 0 Å². The fraction of sp³-hybridized carbons (Fsp3) is 0.688. The van der Waals surface area contributed by atoms with Gasteiger partial charge in [0.25, 0.3) is 0 Å². The highest BCUT2D eigenvalue weighted by atomic mass is 32.1. The van der Waals surface area contributed by atoms with Crippen molar-refractivity contribution >= 4 is 22.3 Å². The summed E-state index contributed by atoms with van der Waals surface area (Å²) in [4.78, 5) is 13.0. The van der Waals surface area contributed by atoms with Gasteiger partial charge in [-0.05, 0) is 46.3 Å². The third kappa shape index (κ3) is 5.67. The molecule has 1 heterocycles. The second kappa shape index (κ2) is 9.05. The van der Waals surface area contributed by atoms with Crippen molar-refractivity contribution in [2.24, 2.45) is 0 Å². The second-order valence-electron chi connectivity index (χ2n) is 5.69. The first-order chi connectivity index (χ1) is 9.97. The number of carbonyl (C=O) groups is 1. The van der Waals surface area contributed by atoms with E-state index in [2.05, 4.69) is 24.3 Å². The summed E-state index contributed by atoms with van der Waals surface area (Å²) in [5, 5.41) is 14.4. The quantitative estimate of drug-likeness (QED) is 0.880. The van der Waals surface area contributed by atoms with E-state index in [1.54, 1.807) is 5.38 Å². The molecule has 1 fully saturated rings. The van der Waals surface area contributed by atoms with Gasteiger partial charge < -0.3 is 15.3 Å². The van der Waals surface area contributed by atoms with E-state index in [1.165, 1.54) is 43.4 Å². The molecule has 4 nitrogen and oxygen atoms in total. The van der Waals surface area contributed by atoms with E-state index in [1.807, 2.05) is 13.8 Å². The lowest BCUT2D eigenvalue weighted by atomic mass is 9.95. The van der Waals surface area contributed by atoms with Crippen LogP contribution in [0.15, 0.2) is 5.38 Å². The van der Waals surface area contributed by atoms with Crippen LogP contribution in [0, 0.1) is 6.92 Å². The number of rotatable bonds is 4. The molecule has 1 aromatic heterocycles. The van der Waals surface area contributed by atoms with Gasteiger partial charge in [-0.25, -0.2) is 4.79 Å². The molecule has 0 spiro atoms. The molecule has 0 bridgehead atoms. The van der Waals surface area contributed by atoms with E-state index in [4.69, 9.17) is 5.11 Å². The van der Waals surface area contributed by atoms with Crippen molar-refractivity contribution in [3.05, 3.63) is 16.5 Å². The fourth-order valence-electron chi connectivity index (χ4n) is 2.56. The predicted molar refractivity (Wildman–Crippen MR) is 90.7 cm³/mol. The Hall–Kier alpha value is -1.07. The smallest absolute Gasteiger partial charge is 0.336 e. The monoisotopic (exact) mass is 312 g/mol. The number of nitrogens with zero attached hydrogens (tertiary/aromatic N) is 1. The molecule has 2 N–H and O–H groups in total. The molecule has 2 rings (SSSR count). The number of hydrogen-bond donors (Lipinski definition) is 2. The number of aromatic carboxylic acids is 1. The molecule has 0 amide bonds. The minimum Gasteiger partial charge on any atom is -0.478 e. The maximum absolute atomic E-state index is 10.6. The third-order valence-corrected chi connectivity index (χ3v) is 4.95. The maximum atomic E-state index is 10.6. The Labute approximate surface area is 132 Å². The van der Waals surface area contributed by atoms with Crippen molar-refractivity contribution in [3.63, 3.8) is 0 Å². The number of thiophene rings is 1. The Morgan fingerprint density at radius 2 is 2.00 bits per heavy atom. The van der Waals surface area contributed by atoms with E-state index in [0.29, 0.717) is 5.56 Å². The van der Waals surface area contributed by atoms with E-state index in [9.17, 15) is 4.79 Å². The highest BCUT2D eigenvalue weighted by molar-refractivity contribution is 7.14. The number of carboxylic acid groups (broad SMARTS) is 1.